The zero-order valence-electron chi connectivity index (χ0n) is 16.8. The van der Waals surface area contributed by atoms with Crippen LogP contribution >= 0.6 is 11.6 Å². The van der Waals surface area contributed by atoms with Crippen molar-refractivity contribution in [1.82, 2.24) is 9.78 Å². The second-order valence-electron chi connectivity index (χ2n) is 6.89. The zero-order chi connectivity index (χ0) is 22.3. The van der Waals surface area contributed by atoms with Gasteiger partial charge in [0.2, 0.25) is 0 Å². The monoisotopic (exact) mass is 468 g/mol. The maximum atomic E-state index is 12.9. The molecule has 3 rings (SSSR count). The number of hydrogen-bond donors (Lipinski definition) is 2. The van der Waals surface area contributed by atoms with E-state index in [-0.39, 0.29) is 26.3 Å². The fraction of sp³-hybridized carbons (Fsp3) is 0.211. The van der Waals surface area contributed by atoms with E-state index in [4.69, 9.17) is 11.6 Å². The van der Waals surface area contributed by atoms with E-state index in [1.54, 1.807) is 25.1 Å². The Balaban J connectivity index is 1.97. The molecule has 3 aromatic rings. The minimum Gasteiger partial charge on any atom is -0.280 e. The smallest absolute Gasteiger partial charge is 0.266 e. The van der Waals surface area contributed by atoms with Crippen molar-refractivity contribution in [3.8, 4) is 0 Å². The molecular formula is C19H21ClN4O4S2. The van der Waals surface area contributed by atoms with Gasteiger partial charge in [-0.1, -0.05) is 29.8 Å². The highest BCUT2D eigenvalue weighted by molar-refractivity contribution is 7.93. The van der Waals surface area contributed by atoms with Crippen LogP contribution in [0.1, 0.15) is 16.8 Å². The summed E-state index contributed by atoms with van der Waals surface area (Å²) in [4.78, 5) is -0.201. The fourth-order valence-electron chi connectivity index (χ4n) is 2.99. The minimum atomic E-state index is -4.07. The van der Waals surface area contributed by atoms with E-state index < -0.39 is 20.0 Å². The van der Waals surface area contributed by atoms with Gasteiger partial charge >= 0.3 is 0 Å². The van der Waals surface area contributed by atoms with Crippen LogP contribution in [0.2, 0.25) is 5.15 Å². The molecule has 0 saturated carbocycles. The zero-order valence-corrected chi connectivity index (χ0v) is 19.2. The summed E-state index contributed by atoms with van der Waals surface area (Å²) < 4.78 is 57.6. The van der Waals surface area contributed by atoms with Gasteiger partial charge in [0.1, 0.15) is 10.0 Å². The molecule has 1 heterocycles. The molecule has 2 N–H and O–H groups in total. The Morgan fingerprint density at radius 1 is 0.900 bits per heavy atom. The average molecular weight is 469 g/mol. The van der Waals surface area contributed by atoms with Crippen molar-refractivity contribution in [3.05, 3.63) is 64.4 Å². The van der Waals surface area contributed by atoms with Gasteiger partial charge in [0.05, 0.1) is 16.3 Å². The van der Waals surface area contributed by atoms with E-state index in [2.05, 4.69) is 14.5 Å². The number of halogens is 1. The molecular weight excluding hydrogens is 448 g/mol. The van der Waals surface area contributed by atoms with Crippen molar-refractivity contribution in [2.45, 2.75) is 30.6 Å². The summed E-state index contributed by atoms with van der Waals surface area (Å²) in [5.74, 6) is 0. The molecule has 30 heavy (non-hydrogen) atoms. The predicted molar refractivity (Wildman–Crippen MR) is 117 cm³/mol. The number of nitrogens with zero attached hydrogens (tertiary/aromatic N) is 2. The first-order valence-corrected chi connectivity index (χ1v) is 12.2. The van der Waals surface area contributed by atoms with Crippen LogP contribution in [0.5, 0.6) is 0 Å². The van der Waals surface area contributed by atoms with Crippen LogP contribution in [0.15, 0.2) is 52.3 Å². The molecule has 0 aliphatic heterocycles. The lowest BCUT2D eigenvalue weighted by atomic mass is 10.2. The van der Waals surface area contributed by atoms with Crippen LogP contribution in [0.4, 0.5) is 11.4 Å². The Labute approximate surface area is 181 Å². The third-order valence-corrected chi connectivity index (χ3v) is 7.97. The van der Waals surface area contributed by atoms with Gasteiger partial charge in [-0.3, -0.25) is 14.1 Å². The van der Waals surface area contributed by atoms with Crippen molar-refractivity contribution in [2.75, 3.05) is 9.44 Å². The molecule has 0 radical (unpaired) electrons. The van der Waals surface area contributed by atoms with Gasteiger partial charge < -0.3 is 0 Å². The number of rotatable bonds is 6. The molecule has 160 valence electrons. The molecule has 0 fully saturated rings. The van der Waals surface area contributed by atoms with Crippen molar-refractivity contribution in [3.63, 3.8) is 0 Å². The molecule has 0 saturated heterocycles. The van der Waals surface area contributed by atoms with Crippen LogP contribution in [-0.4, -0.2) is 26.6 Å². The third kappa shape index (κ3) is 4.45. The summed E-state index contributed by atoms with van der Waals surface area (Å²) in [5, 5.41) is 3.96. The molecule has 0 aliphatic rings. The number of nitrogens with one attached hydrogen (secondary N) is 2. The molecule has 0 aliphatic carbocycles. The van der Waals surface area contributed by atoms with Gasteiger partial charge in [0.15, 0.2) is 0 Å². The first kappa shape index (κ1) is 22.1. The van der Waals surface area contributed by atoms with Crippen LogP contribution in [-0.2, 0) is 27.1 Å². The standard InChI is InChI=1S/C19H21ClN4O4S2/c1-12-6-5-7-15(10-12)22-29(25,26)17-11-16(9-8-13(17)2)23-30(27,28)18-14(3)21-24(4)19(18)20/h5-11,22-23H,1-4H3. The maximum Gasteiger partial charge on any atom is 0.266 e. The van der Waals surface area contributed by atoms with Gasteiger partial charge in [-0.15, -0.1) is 0 Å². The summed E-state index contributed by atoms with van der Waals surface area (Å²) in [5.41, 5.74) is 2.10. The van der Waals surface area contributed by atoms with E-state index in [9.17, 15) is 16.8 Å². The van der Waals surface area contributed by atoms with E-state index in [0.717, 1.165) is 5.56 Å². The van der Waals surface area contributed by atoms with Gasteiger partial charge in [0, 0.05) is 12.7 Å². The first-order valence-electron chi connectivity index (χ1n) is 8.83. The number of benzene rings is 2. The Kier molecular flexibility index (Phi) is 5.85. The number of aromatic nitrogens is 2. The summed E-state index contributed by atoms with van der Waals surface area (Å²) in [6.07, 6.45) is 0. The van der Waals surface area contributed by atoms with Gasteiger partial charge in [-0.2, -0.15) is 5.10 Å². The Bertz CT molecular complexity index is 1330. The number of anilines is 2. The number of aryl methyl sites for hydroxylation is 4. The highest BCUT2D eigenvalue weighted by Crippen LogP contribution is 2.28. The predicted octanol–water partition coefficient (Wildman–Crippen LogP) is 3.60. The molecule has 1 aromatic heterocycles. The first-order chi connectivity index (χ1) is 13.9. The maximum absolute atomic E-state index is 12.9. The molecule has 0 unspecified atom stereocenters. The van der Waals surface area contributed by atoms with E-state index in [0.29, 0.717) is 11.3 Å². The third-order valence-electron chi connectivity index (χ3n) is 4.37. The largest absolute Gasteiger partial charge is 0.280 e. The van der Waals surface area contributed by atoms with Crippen LogP contribution in [0.3, 0.4) is 0 Å². The van der Waals surface area contributed by atoms with Crippen LogP contribution in [0, 0.1) is 20.8 Å². The van der Waals surface area contributed by atoms with Crippen LogP contribution < -0.4 is 9.44 Å². The Hall–Kier alpha value is -2.56. The van der Waals surface area contributed by atoms with Crippen molar-refractivity contribution in [2.24, 2.45) is 7.05 Å². The molecule has 0 atom stereocenters. The lowest BCUT2D eigenvalue weighted by molar-refractivity contribution is 0.598. The lowest BCUT2D eigenvalue weighted by Crippen LogP contribution is -2.17. The minimum absolute atomic E-state index is 0.0407. The lowest BCUT2D eigenvalue weighted by Gasteiger charge is -2.14. The molecule has 2 aromatic carbocycles. The number of sulfonamides is 2. The molecule has 0 bridgehead atoms. The highest BCUT2D eigenvalue weighted by Gasteiger charge is 2.26. The summed E-state index contributed by atoms with van der Waals surface area (Å²) in [7, 11) is -6.49. The normalized spacial score (nSPS) is 12.0. The topological polar surface area (TPSA) is 110 Å². The quantitative estimate of drug-likeness (QED) is 0.574. The van der Waals surface area contributed by atoms with E-state index >= 15 is 0 Å². The average Bonchev–Trinajstić information content (AvgIpc) is 2.88. The molecule has 0 spiro atoms. The van der Waals surface area contributed by atoms with E-state index in [1.807, 2.05) is 13.0 Å². The Morgan fingerprint density at radius 3 is 2.13 bits per heavy atom. The van der Waals surface area contributed by atoms with Gasteiger partial charge in [-0.05, 0) is 56.2 Å². The molecule has 11 heteroatoms. The number of hydrogen-bond acceptors (Lipinski definition) is 5. The second-order valence-corrected chi connectivity index (χ2v) is 10.5. The fourth-order valence-corrected chi connectivity index (χ4v) is 6.12. The SMILES string of the molecule is Cc1cccc(NS(=O)(=O)c2cc(NS(=O)(=O)c3c(C)nn(C)c3Cl)ccc2C)c1. The van der Waals surface area contributed by atoms with E-state index in [1.165, 1.54) is 36.9 Å². The molecule has 8 nitrogen and oxygen atoms in total. The van der Waals surface area contributed by atoms with Crippen molar-refractivity contribution in [1.29, 1.82) is 0 Å². The van der Waals surface area contributed by atoms with Gasteiger partial charge in [-0.25, -0.2) is 16.8 Å². The summed E-state index contributed by atoms with van der Waals surface area (Å²) in [6.45, 7) is 5.01. The Morgan fingerprint density at radius 2 is 1.53 bits per heavy atom. The van der Waals surface area contributed by atoms with Crippen molar-refractivity contribution < 1.29 is 16.8 Å². The second kappa shape index (κ2) is 7.93. The highest BCUT2D eigenvalue weighted by atomic mass is 35.5. The van der Waals surface area contributed by atoms with Crippen molar-refractivity contribution >= 4 is 43.0 Å². The summed E-state index contributed by atoms with van der Waals surface area (Å²) in [6, 6.07) is 11.2. The van der Waals surface area contributed by atoms with Gasteiger partial charge in [0.25, 0.3) is 20.0 Å². The summed E-state index contributed by atoms with van der Waals surface area (Å²) >= 11 is 6.07. The molecule has 0 amide bonds. The van der Waals surface area contributed by atoms with Crippen LogP contribution in [0.25, 0.3) is 0 Å².